The van der Waals surface area contributed by atoms with Crippen LogP contribution in [0.3, 0.4) is 0 Å². The Morgan fingerprint density at radius 2 is 1.71 bits per heavy atom. The normalized spacial score (nSPS) is 13.2. The second-order valence-electron chi connectivity index (χ2n) is 8.34. The summed E-state index contributed by atoms with van der Waals surface area (Å²) in [6.07, 6.45) is -5.75. The minimum absolute atomic E-state index is 0.0799. The number of benzene rings is 1. The first-order valence-electron chi connectivity index (χ1n) is 10.4. The topological polar surface area (TPSA) is 101 Å². The molecule has 34 heavy (non-hydrogen) atoms. The van der Waals surface area contributed by atoms with E-state index in [0.29, 0.717) is 11.3 Å². The van der Waals surface area contributed by atoms with Gasteiger partial charge in [-0.25, -0.2) is 4.98 Å². The third-order valence-corrected chi connectivity index (χ3v) is 4.86. The Morgan fingerprint density at radius 3 is 2.24 bits per heavy atom. The van der Waals surface area contributed by atoms with Crippen LogP contribution in [-0.4, -0.2) is 39.5 Å². The van der Waals surface area contributed by atoms with Gasteiger partial charge in [0.25, 0.3) is 11.8 Å². The van der Waals surface area contributed by atoms with Crippen molar-refractivity contribution in [2.45, 2.75) is 64.7 Å². The standard InChI is InChI=1S/C23H27F4N3O4/c1-6-22(24,25)23(26,27)34-17-9-7-15(8-10-17)14(3)29-19(31)16-11-13(2)28-18(12-16)30-20(32)21(4,5)33/h7-12,14,33H,6H2,1-5H3,(H,29,31)(H,28,30,32). The zero-order chi connectivity index (χ0) is 25.9. The highest BCUT2D eigenvalue weighted by Crippen LogP contribution is 2.38. The first kappa shape index (κ1) is 27.0. The van der Waals surface area contributed by atoms with Crippen LogP contribution < -0.4 is 15.4 Å². The van der Waals surface area contributed by atoms with Gasteiger partial charge < -0.3 is 20.5 Å². The number of halogens is 4. The van der Waals surface area contributed by atoms with Gasteiger partial charge >= 0.3 is 12.0 Å². The predicted octanol–water partition coefficient (Wildman–Crippen LogP) is 4.61. The molecule has 0 spiro atoms. The van der Waals surface area contributed by atoms with E-state index in [9.17, 15) is 32.3 Å². The van der Waals surface area contributed by atoms with E-state index in [1.165, 1.54) is 38.1 Å². The number of rotatable bonds is 9. The summed E-state index contributed by atoms with van der Waals surface area (Å²) in [6, 6.07) is 7.21. The van der Waals surface area contributed by atoms with Crippen LogP contribution in [0, 0.1) is 6.92 Å². The Hall–Kier alpha value is -3.21. The van der Waals surface area contributed by atoms with Gasteiger partial charge in [0, 0.05) is 17.7 Å². The van der Waals surface area contributed by atoms with Crippen LogP contribution >= 0.6 is 0 Å². The second kappa shape index (κ2) is 9.96. The van der Waals surface area contributed by atoms with Crippen molar-refractivity contribution in [3.8, 4) is 5.75 Å². The highest BCUT2D eigenvalue weighted by molar-refractivity contribution is 5.98. The van der Waals surface area contributed by atoms with Gasteiger partial charge in [-0.2, -0.15) is 17.6 Å². The summed E-state index contributed by atoms with van der Waals surface area (Å²) in [5.41, 5.74) is -0.508. The van der Waals surface area contributed by atoms with E-state index >= 15 is 0 Å². The molecular formula is C23H27F4N3O4. The minimum Gasteiger partial charge on any atom is -0.428 e. The van der Waals surface area contributed by atoms with Gasteiger partial charge in [-0.15, -0.1) is 0 Å². The smallest absolute Gasteiger partial charge is 0.428 e. The fourth-order valence-corrected chi connectivity index (χ4v) is 2.75. The highest BCUT2D eigenvalue weighted by Gasteiger charge is 2.57. The number of aryl methyl sites for hydroxylation is 1. The van der Waals surface area contributed by atoms with Crippen molar-refractivity contribution in [2.24, 2.45) is 0 Å². The average molecular weight is 485 g/mol. The van der Waals surface area contributed by atoms with Crippen molar-refractivity contribution in [3.63, 3.8) is 0 Å². The van der Waals surface area contributed by atoms with E-state index in [-0.39, 0.29) is 11.4 Å². The third kappa shape index (κ3) is 6.66. The van der Waals surface area contributed by atoms with Gasteiger partial charge in [0.05, 0.1) is 6.04 Å². The Bertz CT molecular complexity index is 1040. The number of hydrogen-bond acceptors (Lipinski definition) is 5. The number of anilines is 1. The van der Waals surface area contributed by atoms with Crippen molar-refractivity contribution in [1.29, 1.82) is 0 Å². The monoisotopic (exact) mass is 485 g/mol. The molecule has 0 radical (unpaired) electrons. The molecule has 1 heterocycles. The summed E-state index contributed by atoms with van der Waals surface area (Å²) in [6.45, 7) is 6.80. The first-order chi connectivity index (χ1) is 15.6. The molecule has 0 fully saturated rings. The van der Waals surface area contributed by atoms with E-state index < -0.39 is 47.7 Å². The molecule has 1 atom stereocenters. The molecule has 3 N–H and O–H groups in total. The fourth-order valence-electron chi connectivity index (χ4n) is 2.75. The van der Waals surface area contributed by atoms with Crippen LogP contribution in [0.2, 0.25) is 0 Å². The zero-order valence-electron chi connectivity index (χ0n) is 19.4. The lowest BCUT2D eigenvalue weighted by Gasteiger charge is -2.25. The maximum atomic E-state index is 13.6. The number of carbonyl (C=O) groups is 2. The first-order valence-corrected chi connectivity index (χ1v) is 10.4. The summed E-state index contributed by atoms with van der Waals surface area (Å²) in [7, 11) is 0. The van der Waals surface area contributed by atoms with Gasteiger partial charge in [0.1, 0.15) is 17.2 Å². The molecule has 11 heteroatoms. The van der Waals surface area contributed by atoms with Crippen LogP contribution in [0.15, 0.2) is 36.4 Å². The molecule has 7 nitrogen and oxygen atoms in total. The molecule has 0 aliphatic heterocycles. The van der Waals surface area contributed by atoms with Crippen molar-refractivity contribution in [3.05, 3.63) is 53.2 Å². The molecule has 0 saturated heterocycles. The number of carbonyl (C=O) groups excluding carboxylic acids is 2. The number of nitrogens with zero attached hydrogens (tertiary/aromatic N) is 1. The summed E-state index contributed by atoms with van der Waals surface area (Å²) < 4.78 is 58.2. The molecule has 0 aliphatic rings. The maximum absolute atomic E-state index is 13.6. The number of hydrogen-bond donors (Lipinski definition) is 3. The molecule has 0 saturated carbocycles. The summed E-state index contributed by atoms with van der Waals surface area (Å²) >= 11 is 0. The third-order valence-electron chi connectivity index (χ3n) is 4.86. The summed E-state index contributed by atoms with van der Waals surface area (Å²) in [5, 5.41) is 14.9. The van der Waals surface area contributed by atoms with Gasteiger partial charge in [-0.1, -0.05) is 19.1 Å². The average Bonchev–Trinajstić information content (AvgIpc) is 2.72. The van der Waals surface area contributed by atoms with E-state index in [1.54, 1.807) is 13.8 Å². The minimum atomic E-state index is -4.67. The summed E-state index contributed by atoms with van der Waals surface area (Å²) in [4.78, 5) is 28.8. The van der Waals surface area contributed by atoms with Gasteiger partial charge in [-0.3, -0.25) is 9.59 Å². The molecule has 1 aromatic heterocycles. The highest BCUT2D eigenvalue weighted by atomic mass is 19.3. The quantitative estimate of drug-likeness (QED) is 0.451. The van der Waals surface area contributed by atoms with Gasteiger partial charge in [0.2, 0.25) is 0 Å². The molecule has 2 rings (SSSR count). The molecule has 1 aromatic carbocycles. The lowest BCUT2D eigenvalue weighted by molar-refractivity contribution is -0.309. The maximum Gasteiger partial charge on any atom is 0.464 e. The zero-order valence-corrected chi connectivity index (χ0v) is 19.4. The molecule has 0 aliphatic carbocycles. The van der Waals surface area contributed by atoms with Gasteiger partial charge in [0.15, 0.2) is 0 Å². The Kier molecular flexibility index (Phi) is 7.92. The number of nitrogens with one attached hydrogen (secondary N) is 2. The molecule has 0 bridgehead atoms. The molecule has 1 unspecified atom stereocenters. The van der Waals surface area contributed by atoms with E-state index in [2.05, 4.69) is 20.4 Å². The van der Waals surface area contributed by atoms with E-state index in [0.717, 1.165) is 19.1 Å². The SMILES string of the molecule is CCC(F)(F)C(F)(F)Oc1ccc(C(C)NC(=O)c2cc(C)nc(NC(=O)C(C)(C)O)c2)cc1. The number of aliphatic hydroxyl groups is 1. The summed E-state index contributed by atoms with van der Waals surface area (Å²) in [5.74, 6) is -5.89. The molecule has 2 aromatic rings. The van der Waals surface area contributed by atoms with Crippen LogP contribution in [0.1, 0.15) is 61.8 Å². The number of amides is 2. The van der Waals surface area contributed by atoms with Crippen LogP contribution in [0.4, 0.5) is 23.4 Å². The lowest BCUT2D eigenvalue weighted by atomic mass is 10.1. The van der Waals surface area contributed by atoms with Crippen molar-refractivity contribution in [1.82, 2.24) is 10.3 Å². The number of ether oxygens (including phenoxy) is 1. The second-order valence-corrected chi connectivity index (χ2v) is 8.34. The van der Waals surface area contributed by atoms with Crippen LogP contribution in [0.5, 0.6) is 5.75 Å². The van der Waals surface area contributed by atoms with Crippen molar-refractivity contribution >= 4 is 17.6 Å². The Balaban J connectivity index is 2.11. The number of alkyl halides is 4. The van der Waals surface area contributed by atoms with Crippen LogP contribution in [-0.2, 0) is 4.79 Å². The number of aromatic nitrogens is 1. The van der Waals surface area contributed by atoms with E-state index in [1.807, 2.05) is 0 Å². The lowest BCUT2D eigenvalue weighted by Crippen LogP contribution is -2.44. The molecular weight excluding hydrogens is 458 g/mol. The molecule has 186 valence electrons. The largest absolute Gasteiger partial charge is 0.464 e. The van der Waals surface area contributed by atoms with Crippen molar-refractivity contribution in [2.75, 3.05) is 5.32 Å². The Labute approximate surface area is 194 Å². The predicted molar refractivity (Wildman–Crippen MR) is 117 cm³/mol. The van der Waals surface area contributed by atoms with E-state index in [4.69, 9.17) is 0 Å². The fraction of sp³-hybridized carbons (Fsp3) is 0.435. The number of pyridine rings is 1. The Morgan fingerprint density at radius 1 is 1.12 bits per heavy atom. The van der Waals surface area contributed by atoms with Crippen LogP contribution in [0.25, 0.3) is 0 Å². The van der Waals surface area contributed by atoms with Gasteiger partial charge in [-0.05, 0) is 57.5 Å². The molecule has 2 amide bonds. The van der Waals surface area contributed by atoms with Crippen molar-refractivity contribution < 1.29 is 37.0 Å².